The fourth-order valence-corrected chi connectivity index (χ4v) is 4.17. The minimum atomic E-state index is -0.331. The van der Waals surface area contributed by atoms with E-state index >= 15 is 0 Å². The molecule has 1 aliphatic rings. The first-order chi connectivity index (χ1) is 16.1. The molecule has 0 radical (unpaired) electrons. The van der Waals surface area contributed by atoms with Crippen molar-refractivity contribution in [2.45, 2.75) is 0 Å². The van der Waals surface area contributed by atoms with Crippen molar-refractivity contribution in [1.82, 2.24) is 19.7 Å². The summed E-state index contributed by atoms with van der Waals surface area (Å²) in [6, 6.07) is 19.3. The molecule has 0 unspecified atom stereocenters. The summed E-state index contributed by atoms with van der Waals surface area (Å²) >= 11 is 6.12. The van der Waals surface area contributed by atoms with Gasteiger partial charge in [0, 0.05) is 54.8 Å². The number of carbonyl (C=O) groups is 1. The minimum absolute atomic E-state index is 0.133. The third-order valence-corrected chi connectivity index (χ3v) is 5.93. The topological polar surface area (TPSA) is 54.3 Å². The van der Waals surface area contributed by atoms with E-state index in [1.165, 1.54) is 12.1 Å². The van der Waals surface area contributed by atoms with E-state index < -0.39 is 0 Å². The smallest absolute Gasteiger partial charge is 0.274 e. The Hall–Kier alpha value is -3.71. The quantitative estimate of drug-likeness (QED) is 0.442. The van der Waals surface area contributed by atoms with Crippen LogP contribution in [0.5, 0.6) is 0 Å². The molecule has 1 aliphatic heterocycles. The number of carbonyl (C=O) groups excluding carboxylic acids is 1. The maximum atomic E-state index is 13.5. The Balaban J connectivity index is 1.40. The molecule has 0 bridgehead atoms. The van der Waals surface area contributed by atoms with Gasteiger partial charge in [-0.3, -0.25) is 9.78 Å². The summed E-state index contributed by atoms with van der Waals surface area (Å²) < 4.78 is 15.1. The van der Waals surface area contributed by atoms with Crippen molar-refractivity contribution in [2.24, 2.45) is 0 Å². The number of piperazine rings is 1. The molecule has 0 atom stereocenters. The van der Waals surface area contributed by atoms with Crippen LogP contribution in [0.4, 0.5) is 10.1 Å². The predicted octanol–water partition coefficient (Wildman–Crippen LogP) is 4.69. The van der Waals surface area contributed by atoms with Crippen molar-refractivity contribution in [3.63, 3.8) is 0 Å². The van der Waals surface area contributed by atoms with Crippen molar-refractivity contribution in [2.75, 3.05) is 31.1 Å². The van der Waals surface area contributed by atoms with Gasteiger partial charge in [0.1, 0.15) is 5.82 Å². The molecule has 3 heterocycles. The summed E-state index contributed by atoms with van der Waals surface area (Å²) in [6.07, 6.45) is 3.41. The average Bonchev–Trinajstić information content (AvgIpc) is 3.30. The molecule has 1 saturated heterocycles. The highest BCUT2D eigenvalue weighted by Crippen LogP contribution is 2.25. The van der Waals surface area contributed by atoms with Crippen LogP contribution in [-0.2, 0) is 0 Å². The van der Waals surface area contributed by atoms with E-state index in [4.69, 9.17) is 11.6 Å². The third kappa shape index (κ3) is 4.45. The molecule has 166 valence electrons. The minimum Gasteiger partial charge on any atom is -0.368 e. The molecule has 4 aromatic rings. The lowest BCUT2D eigenvalue weighted by molar-refractivity contribution is 0.0740. The van der Waals surface area contributed by atoms with Gasteiger partial charge in [-0.15, -0.1) is 0 Å². The van der Waals surface area contributed by atoms with Crippen LogP contribution < -0.4 is 4.90 Å². The van der Waals surface area contributed by atoms with Crippen molar-refractivity contribution in [3.05, 3.63) is 95.7 Å². The zero-order chi connectivity index (χ0) is 22.8. The molecule has 8 heteroatoms. The molecule has 0 N–H and O–H groups in total. The number of amides is 1. The van der Waals surface area contributed by atoms with Crippen LogP contribution in [0, 0.1) is 5.82 Å². The Labute approximate surface area is 195 Å². The van der Waals surface area contributed by atoms with Gasteiger partial charge in [-0.05, 0) is 60.7 Å². The summed E-state index contributed by atoms with van der Waals surface area (Å²) in [5.41, 5.74) is 3.60. The fraction of sp³-hybridized carbons (Fsp3) is 0.160. The highest BCUT2D eigenvalue weighted by molar-refractivity contribution is 6.30. The lowest BCUT2D eigenvalue weighted by atomic mass is 10.2. The molecule has 0 aliphatic carbocycles. The van der Waals surface area contributed by atoms with Gasteiger partial charge in [0.15, 0.2) is 5.69 Å². The highest BCUT2D eigenvalue weighted by Gasteiger charge is 2.25. The summed E-state index contributed by atoms with van der Waals surface area (Å²) in [7, 11) is 0. The number of halogens is 2. The van der Waals surface area contributed by atoms with E-state index in [1.807, 2.05) is 41.3 Å². The van der Waals surface area contributed by atoms with Crippen molar-refractivity contribution < 1.29 is 9.18 Å². The molecule has 2 aromatic heterocycles. The van der Waals surface area contributed by atoms with E-state index in [2.05, 4.69) is 15.0 Å². The zero-order valence-electron chi connectivity index (χ0n) is 17.7. The van der Waals surface area contributed by atoms with Crippen LogP contribution >= 0.6 is 11.6 Å². The normalized spacial score (nSPS) is 13.9. The predicted molar refractivity (Wildman–Crippen MR) is 126 cm³/mol. The van der Waals surface area contributed by atoms with Gasteiger partial charge < -0.3 is 9.80 Å². The second kappa shape index (κ2) is 9.03. The first kappa shape index (κ1) is 21.2. The Morgan fingerprint density at radius 1 is 0.909 bits per heavy atom. The molecule has 6 nitrogen and oxygen atoms in total. The van der Waals surface area contributed by atoms with Gasteiger partial charge in [0.05, 0.1) is 11.4 Å². The van der Waals surface area contributed by atoms with Crippen molar-refractivity contribution >= 4 is 23.2 Å². The van der Waals surface area contributed by atoms with Gasteiger partial charge in [0.25, 0.3) is 5.91 Å². The Morgan fingerprint density at radius 3 is 2.39 bits per heavy atom. The molecule has 0 spiro atoms. The molecule has 1 amide bonds. The molecule has 1 fully saturated rings. The zero-order valence-corrected chi connectivity index (χ0v) is 18.5. The average molecular weight is 462 g/mol. The second-order valence-corrected chi connectivity index (χ2v) is 8.24. The Kier molecular flexibility index (Phi) is 5.79. The summed E-state index contributed by atoms with van der Waals surface area (Å²) in [5, 5.41) is 5.29. The SMILES string of the molecule is O=C(c1cc(-c2cccnc2)n(-c2ccc(F)cc2)n1)N1CCN(c2cccc(Cl)c2)CC1. The van der Waals surface area contributed by atoms with Gasteiger partial charge in [-0.2, -0.15) is 5.10 Å². The standard InChI is InChI=1S/C25H21ClFN5O/c26-19-4-1-5-22(15-19)30-11-13-31(14-12-30)25(33)23-16-24(18-3-2-10-28-17-18)32(29-23)21-8-6-20(27)7-9-21/h1-10,15-17H,11-14H2. The second-order valence-electron chi connectivity index (χ2n) is 7.80. The van der Waals surface area contributed by atoms with E-state index in [-0.39, 0.29) is 11.7 Å². The van der Waals surface area contributed by atoms with Crippen LogP contribution in [0.25, 0.3) is 16.9 Å². The summed E-state index contributed by atoms with van der Waals surface area (Å²) in [4.78, 5) is 21.5. The van der Waals surface area contributed by atoms with Crippen LogP contribution in [0.2, 0.25) is 5.02 Å². The number of hydrogen-bond donors (Lipinski definition) is 0. The maximum Gasteiger partial charge on any atom is 0.274 e. The fourth-order valence-electron chi connectivity index (χ4n) is 3.99. The number of aromatic nitrogens is 3. The van der Waals surface area contributed by atoms with Gasteiger partial charge in [-0.1, -0.05) is 17.7 Å². The van der Waals surface area contributed by atoms with Gasteiger partial charge in [0.2, 0.25) is 0 Å². The van der Waals surface area contributed by atoms with Crippen LogP contribution in [0.3, 0.4) is 0 Å². The molecular formula is C25H21ClFN5O. The number of rotatable bonds is 4. The Morgan fingerprint density at radius 2 is 1.70 bits per heavy atom. The van der Waals surface area contributed by atoms with E-state index in [9.17, 15) is 9.18 Å². The van der Waals surface area contributed by atoms with Crippen molar-refractivity contribution in [3.8, 4) is 16.9 Å². The largest absolute Gasteiger partial charge is 0.368 e. The molecule has 0 saturated carbocycles. The number of pyridine rings is 1. The number of benzene rings is 2. The number of nitrogens with zero attached hydrogens (tertiary/aromatic N) is 5. The third-order valence-electron chi connectivity index (χ3n) is 5.70. The van der Waals surface area contributed by atoms with E-state index in [0.717, 1.165) is 16.9 Å². The van der Waals surface area contributed by atoms with E-state index in [0.29, 0.717) is 42.6 Å². The first-order valence-electron chi connectivity index (χ1n) is 10.6. The maximum absolute atomic E-state index is 13.5. The molecule has 2 aromatic carbocycles. The van der Waals surface area contributed by atoms with Crippen LogP contribution in [-0.4, -0.2) is 51.8 Å². The lowest BCUT2D eigenvalue weighted by Crippen LogP contribution is -2.48. The monoisotopic (exact) mass is 461 g/mol. The van der Waals surface area contributed by atoms with E-state index in [1.54, 1.807) is 35.3 Å². The summed E-state index contributed by atoms with van der Waals surface area (Å²) in [5.74, 6) is -0.463. The molecule has 5 rings (SSSR count). The summed E-state index contributed by atoms with van der Waals surface area (Å²) in [6.45, 7) is 2.58. The van der Waals surface area contributed by atoms with Crippen molar-refractivity contribution in [1.29, 1.82) is 0 Å². The molecule has 33 heavy (non-hydrogen) atoms. The first-order valence-corrected chi connectivity index (χ1v) is 11.0. The molecular weight excluding hydrogens is 441 g/mol. The number of hydrogen-bond acceptors (Lipinski definition) is 4. The van der Waals surface area contributed by atoms with Gasteiger partial charge in [-0.25, -0.2) is 9.07 Å². The van der Waals surface area contributed by atoms with Gasteiger partial charge >= 0.3 is 0 Å². The Bertz CT molecular complexity index is 1270. The van der Waals surface area contributed by atoms with Crippen LogP contribution in [0.1, 0.15) is 10.5 Å². The van der Waals surface area contributed by atoms with Crippen LogP contribution in [0.15, 0.2) is 79.1 Å². The highest BCUT2D eigenvalue weighted by atomic mass is 35.5. The lowest BCUT2D eigenvalue weighted by Gasteiger charge is -2.35. The number of anilines is 1.